The third-order valence-electron chi connectivity index (χ3n) is 3.28. The van der Waals surface area contributed by atoms with Crippen LogP contribution in [0.25, 0.3) is 0 Å². The second-order valence-corrected chi connectivity index (χ2v) is 4.32. The molecule has 0 aliphatic carbocycles. The van der Waals surface area contributed by atoms with Crippen molar-refractivity contribution in [2.75, 3.05) is 13.2 Å². The Balaban J connectivity index is 1.79. The Bertz CT molecular complexity index is 255. The van der Waals surface area contributed by atoms with E-state index < -0.39 is 5.79 Å². The molecular weight excluding hydrogens is 180 g/mol. The lowest BCUT2D eigenvalue weighted by molar-refractivity contribution is -0.289. The molecule has 3 nitrogen and oxygen atoms in total. The maximum Gasteiger partial charge on any atom is 0.191 e. The third kappa shape index (κ3) is 1.31. The molecule has 0 radical (unpaired) electrons. The molecule has 2 atom stereocenters. The van der Waals surface area contributed by atoms with Crippen molar-refractivity contribution < 1.29 is 14.2 Å². The molecule has 3 aliphatic rings. The minimum Gasteiger partial charge on any atom is -0.350 e. The van der Waals surface area contributed by atoms with Gasteiger partial charge in [-0.25, -0.2) is 0 Å². The molecule has 3 aliphatic heterocycles. The second-order valence-electron chi connectivity index (χ2n) is 4.32. The van der Waals surface area contributed by atoms with Gasteiger partial charge in [0.15, 0.2) is 11.6 Å². The fraction of sp³-hybridized carbons (Fsp3) is 0.818. The van der Waals surface area contributed by atoms with Crippen LogP contribution in [0.15, 0.2) is 12.2 Å². The molecule has 14 heavy (non-hydrogen) atoms. The Morgan fingerprint density at radius 2 is 2.00 bits per heavy atom. The average Bonchev–Trinajstić information content (AvgIpc) is 2.78. The van der Waals surface area contributed by atoms with Crippen molar-refractivity contribution in [3.05, 3.63) is 12.2 Å². The van der Waals surface area contributed by atoms with Crippen molar-refractivity contribution in [1.82, 2.24) is 0 Å². The van der Waals surface area contributed by atoms with Gasteiger partial charge in [0, 0.05) is 19.3 Å². The SMILES string of the molecule is C1=CC2(CCC3(CCCO3)O2)OCC1. The van der Waals surface area contributed by atoms with Gasteiger partial charge in [-0.2, -0.15) is 0 Å². The van der Waals surface area contributed by atoms with Gasteiger partial charge in [0.25, 0.3) is 0 Å². The number of hydrogen-bond acceptors (Lipinski definition) is 3. The summed E-state index contributed by atoms with van der Waals surface area (Å²) in [6, 6.07) is 0. The van der Waals surface area contributed by atoms with E-state index in [-0.39, 0.29) is 5.79 Å². The van der Waals surface area contributed by atoms with E-state index in [4.69, 9.17) is 14.2 Å². The Hall–Kier alpha value is -0.380. The summed E-state index contributed by atoms with van der Waals surface area (Å²) in [5.41, 5.74) is 0. The highest BCUT2D eigenvalue weighted by molar-refractivity contribution is 5.05. The first-order valence-corrected chi connectivity index (χ1v) is 5.48. The smallest absolute Gasteiger partial charge is 0.191 e. The van der Waals surface area contributed by atoms with Crippen LogP contribution in [0.2, 0.25) is 0 Å². The lowest BCUT2D eigenvalue weighted by Crippen LogP contribution is -2.37. The summed E-state index contributed by atoms with van der Waals surface area (Å²) in [6.07, 6.45) is 9.25. The van der Waals surface area contributed by atoms with Crippen molar-refractivity contribution in [3.8, 4) is 0 Å². The van der Waals surface area contributed by atoms with Gasteiger partial charge in [0.2, 0.25) is 0 Å². The topological polar surface area (TPSA) is 27.7 Å². The van der Waals surface area contributed by atoms with Crippen molar-refractivity contribution in [2.24, 2.45) is 0 Å². The first-order chi connectivity index (χ1) is 6.83. The quantitative estimate of drug-likeness (QED) is 0.554. The summed E-state index contributed by atoms with van der Waals surface area (Å²) in [6.45, 7) is 1.60. The summed E-state index contributed by atoms with van der Waals surface area (Å²) in [5.74, 6) is -0.774. The van der Waals surface area contributed by atoms with Crippen molar-refractivity contribution in [1.29, 1.82) is 0 Å². The fourth-order valence-corrected chi connectivity index (χ4v) is 2.56. The summed E-state index contributed by atoms with van der Waals surface area (Å²) < 4.78 is 17.4. The van der Waals surface area contributed by atoms with Crippen LogP contribution in [-0.2, 0) is 14.2 Å². The van der Waals surface area contributed by atoms with Crippen LogP contribution >= 0.6 is 0 Å². The van der Waals surface area contributed by atoms with E-state index in [9.17, 15) is 0 Å². The van der Waals surface area contributed by atoms with Gasteiger partial charge < -0.3 is 14.2 Å². The Kier molecular flexibility index (Phi) is 1.94. The molecule has 3 rings (SSSR count). The molecule has 0 aromatic rings. The van der Waals surface area contributed by atoms with Crippen molar-refractivity contribution >= 4 is 0 Å². The summed E-state index contributed by atoms with van der Waals surface area (Å²) in [5, 5.41) is 0. The number of rotatable bonds is 0. The van der Waals surface area contributed by atoms with Crippen LogP contribution < -0.4 is 0 Å². The molecule has 2 fully saturated rings. The molecule has 3 heterocycles. The largest absolute Gasteiger partial charge is 0.350 e. The van der Waals surface area contributed by atoms with Gasteiger partial charge >= 0.3 is 0 Å². The van der Waals surface area contributed by atoms with Crippen LogP contribution in [0.1, 0.15) is 32.1 Å². The second kappa shape index (κ2) is 3.05. The van der Waals surface area contributed by atoms with Gasteiger partial charge in [0.05, 0.1) is 13.2 Å². The van der Waals surface area contributed by atoms with Gasteiger partial charge in [-0.15, -0.1) is 0 Å². The molecule has 0 aromatic carbocycles. The molecule has 2 unspecified atom stereocenters. The zero-order valence-electron chi connectivity index (χ0n) is 8.33. The molecule has 78 valence electrons. The van der Waals surface area contributed by atoms with E-state index in [1.165, 1.54) is 0 Å². The Labute approximate surface area is 84.0 Å². The van der Waals surface area contributed by atoms with E-state index in [1.807, 2.05) is 0 Å². The standard InChI is InChI=1S/C11H16O3/c1-2-8-12-10(4-1)6-7-11(14-10)5-3-9-13-11/h1,4H,2-3,5-9H2. The number of ether oxygens (including phenoxy) is 3. The molecule has 0 bridgehead atoms. The minimum absolute atomic E-state index is 0.318. The molecular formula is C11H16O3. The average molecular weight is 196 g/mol. The Morgan fingerprint density at radius 3 is 2.71 bits per heavy atom. The van der Waals surface area contributed by atoms with Crippen LogP contribution in [-0.4, -0.2) is 24.8 Å². The van der Waals surface area contributed by atoms with Gasteiger partial charge in [-0.3, -0.25) is 0 Å². The van der Waals surface area contributed by atoms with Crippen molar-refractivity contribution in [3.63, 3.8) is 0 Å². The predicted octanol–water partition coefficient (Wildman–Crippen LogP) is 1.98. The molecule has 0 amide bonds. The van der Waals surface area contributed by atoms with E-state index >= 15 is 0 Å². The lowest BCUT2D eigenvalue weighted by Gasteiger charge is -2.31. The summed E-state index contributed by atoms with van der Waals surface area (Å²) >= 11 is 0. The van der Waals surface area contributed by atoms with Gasteiger partial charge in [0.1, 0.15) is 0 Å². The maximum atomic E-state index is 6.01. The zero-order chi connectivity index (χ0) is 9.49. The highest BCUT2D eigenvalue weighted by atomic mass is 16.8. The predicted molar refractivity (Wildman–Crippen MR) is 50.7 cm³/mol. The lowest BCUT2D eigenvalue weighted by atomic mass is 10.1. The maximum absolute atomic E-state index is 6.01. The molecule has 0 aromatic heterocycles. The minimum atomic E-state index is -0.456. The van der Waals surface area contributed by atoms with Crippen molar-refractivity contribution in [2.45, 2.75) is 43.7 Å². The summed E-state index contributed by atoms with van der Waals surface area (Å²) in [7, 11) is 0. The van der Waals surface area contributed by atoms with Crippen LogP contribution in [0.5, 0.6) is 0 Å². The molecule has 2 spiro atoms. The summed E-state index contributed by atoms with van der Waals surface area (Å²) in [4.78, 5) is 0. The monoisotopic (exact) mass is 196 g/mol. The van der Waals surface area contributed by atoms with E-state index in [0.29, 0.717) is 0 Å². The normalized spacial score (nSPS) is 46.9. The first kappa shape index (κ1) is 8.89. The highest BCUT2D eigenvalue weighted by Gasteiger charge is 2.51. The molecule has 0 saturated carbocycles. The zero-order valence-corrected chi connectivity index (χ0v) is 8.33. The van der Waals surface area contributed by atoms with E-state index in [2.05, 4.69) is 12.2 Å². The Morgan fingerprint density at radius 1 is 1.00 bits per heavy atom. The van der Waals surface area contributed by atoms with E-state index in [0.717, 1.165) is 45.3 Å². The van der Waals surface area contributed by atoms with Crippen LogP contribution in [0, 0.1) is 0 Å². The highest BCUT2D eigenvalue weighted by Crippen LogP contribution is 2.46. The third-order valence-corrected chi connectivity index (χ3v) is 3.28. The van der Waals surface area contributed by atoms with E-state index in [1.54, 1.807) is 0 Å². The fourth-order valence-electron chi connectivity index (χ4n) is 2.56. The van der Waals surface area contributed by atoms with Gasteiger partial charge in [-0.1, -0.05) is 6.08 Å². The van der Waals surface area contributed by atoms with Crippen LogP contribution in [0.4, 0.5) is 0 Å². The van der Waals surface area contributed by atoms with Crippen LogP contribution in [0.3, 0.4) is 0 Å². The first-order valence-electron chi connectivity index (χ1n) is 5.48. The number of hydrogen-bond donors (Lipinski definition) is 0. The molecule has 3 heteroatoms. The molecule has 2 saturated heterocycles. The molecule has 0 N–H and O–H groups in total. The van der Waals surface area contributed by atoms with Gasteiger partial charge in [-0.05, 0) is 18.9 Å².